The maximum Gasteiger partial charge on any atom is 0.173 e. The highest BCUT2D eigenvalue weighted by Crippen LogP contribution is 2.35. The number of nitrogens with zero attached hydrogens (tertiary/aromatic N) is 5. The molecule has 5 rings (SSSR count). The van der Waals surface area contributed by atoms with E-state index in [4.69, 9.17) is 16.3 Å². The lowest BCUT2D eigenvalue weighted by molar-refractivity contribution is 0.0569. The van der Waals surface area contributed by atoms with Gasteiger partial charge in [-0.2, -0.15) is 0 Å². The van der Waals surface area contributed by atoms with Gasteiger partial charge in [-0.1, -0.05) is 55.1 Å². The number of halogens is 2. The summed E-state index contributed by atoms with van der Waals surface area (Å²) in [7, 11) is 0. The quantitative estimate of drug-likeness (QED) is 0.409. The molecule has 0 bridgehead atoms. The van der Waals surface area contributed by atoms with Crippen LogP contribution < -0.4 is 0 Å². The maximum atomic E-state index is 13.9. The lowest BCUT2D eigenvalue weighted by Crippen LogP contribution is -2.37. The molecule has 2 aromatic carbocycles. The Balaban J connectivity index is 1.55. The fourth-order valence-corrected chi connectivity index (χ4v) is 5.40. The van der Waals surface area contributed by atoms with Crippen LogP contribution in [0.1, 0.15) is 74.0 Å². The third-order valence-corrected chi connectivity index (χ3v) is 7.25. The van der Waals surface area contributed by atoms with Gasteiger partial charge in [0.15, 0.2) is 5.82 Å². The Morgan fingerprint density at radius 1 is 1.00 bits per heavy atom. The summed E-state index contributed by atoms with van der Waals surface area (Å²) in [6.45, 7) is 2.21. The van der Waals surface area contributed by atoms with Gasteiger partial charge in [-0.3, -0.25) is 4.90 Å². The summed E-state index contributed by atoms with van der Waals surface area (Å²) in [6, 6.07) is 14.7. The number of benzene rings is 2. The molecule has 6 nitrogen and oxygen atoms in total. The van der Waals surface area contributed by atoms with E-state index in [1.165, 1.54) is 31.4 Å². The topological polar surface area (TPSA) is 56.1 Å². The molecule has 0 N–H and O–H groups in total. The van der Waals surface area contributed by atoms with Crippen molar-refractivity contribution in [3.8, 4) is 0 Å². The molecule has 2 aliphatic rings. The maximum absolute atomic E-state index is 13.9. The first-order valence-electron chi connectivity index (χ1n) is 12.3. The van der Waals surface area contributed by atoms with Crippen molar-refractivity contribution in [2.75, 3.05) is 13.2 Å². The van der Waals surface area contributed by atoms with Gasteiger partial charge in [0.2, 0.25) is 0 Å². The molecule has 1 saturated heterocycles. The van der Waals surface area contributed by atoms with Gasteiger partial charge >= 0.3 is 0 Å². The molecule has 180 valence electrons. The Kier molecular flexibility index (Phi) is 7.52. The lowest BCUT2D eigenvalue weighted by atomic mass is 9.95. The molecule has 0 unspecified atom stereocenters. The van der Waals surface area contributed by atoms with Crippen LogP contribution in [0.25, 0.3) is 0 Å². The third kappa shape index (κ3) is 5.48. The number of hydrogen-bond donors (Lipinski definition) is 0. The van der Waals surface area contributed by atoms with Gasteiger partial charge in [0.25, 0.3) is 0 Å². The molecule has 1 aliphatic carbocycles. The largest absolute Gasteiger partial charge is 0.377 e. The molecule has 0 spiro atoms. The number of ether oxygens (including phenoxy) is 1. The van der Waals surface area contributed by atoms with Crippen LogP contribution in [0.5, 0.6) is 0 Å². The van der Waals surface area contributed by atoms with E-state index in [1.54, 1.807) is 0 Å². The van der Waals surface area contributed by atoms with E-state index in [0.29, 0.717) is 17.6 Å². The average molecular weight is 484 g/mol. The van der Waals surface area contributed by atoms with Crippen LogP contribution in [0.4, 0.5) is 4.39 Å². The zero-order valence-electron chi connectivity index (χ0n) is 19.3. The van der Waals surface area contributed by atoms with Crippen LogP contribution >= 0.6 is 11.6 Å². The van der Waals surface area contributed by atoms with E-state index >= 15 is 0 Å². The Morgan fingerprint density at radius 2 is 1.76 bits per heavy atom. The highest BCUT2D eigenvalue weighted by molar-refractivity contribution is 6.30. The zero-order chi connectivity index (χ0) is 23.3. The summed E-state index contributed by atoms with van der Waals surface area (Å²) in [5.74, 6) is 0.559. The van der Waals surface area contributed by atoms with E-state index in [9.17, 15) is 4.39 Å². The predicted octanol–water partition coefficient (Wildman–Crippen LogP) is 5.74. The van der Waals surface area contributed by atoms with Gasteiger partial charge in [-0.15, -0.1) is 5.10 Å². The number of rotatable bonds is 8. The SMILES string of the molecule is Fc1ccc([C@@H](c2nnnn2C2CCCCC2)N(Cc2ccc(Cl)cc2)C[C@H]2CCCO2)cc1. The first kappa shape index (κ1) is 23.4. The summed E-state index contributed by atoms with van der Waals surface area (Å²) in [6.07, 6.45) is 8.05. The molecule has 2 atom stereocenters. The first-order valence-corrected chi connectivity index (χ1v) is 12.7. The standard InChI is InChI=1S/C26H31ClFN5O/c27-21-12-8-19(9-13-21)17-32(18-24-7-4-16-34-24)25(20-10-14-22(28)15-11-20)26-29-30-31-33(26)23-5-2-1-3-6-23/h8-15,23-25H,1-7,16-18H2/t24-,25+/m1/s1. The van der Waals surface area contributed by atoms with Crippen molar-refractivity contribution in [3.63, 3.8) is 0 Å². The van der Waals surface area contributed by atoms with Crippen molar-refractivity contribution in [3.05, 3.63) is 76.3 Å². The summed E-state index contributed by atoms with van der Waals surface area (Å²) < 4.78 is 21.9. The number of aromatic nitrogens is 4. The zero-order valence-corrected chi connectivity index (χ0v) is 20.1. The van der Waals surface area contributed by atoms with Gasteiger partial charge in [0.05, 0.1) is 18.2 Å². The molecule has 1 saturated carbocycles. The summed E-state index contributed by atoms with van der Waals surface area (Å²) >= 11 is 6.15. The molecular weight excluding hydrogens is 453 g/mol. The lowest BCUT2D eigenvalue weighted by Gasteiger charge is -2.34. The molecule has 2 fully saturated rings. The van der Waals surface area contributed by atoms with E-state index in [1.807, 2.05) is 28.9 Å². The minimum atomic E-state index is -0.252. The first-order chi connectivity index (χ1) is 16.7. The van der Waals surface area contributed by atoms with E-state index < -0.39 is 0 Å². The number of tetrazole rings is 1. The molecule has 3 aromatic rings. The predicted molar refractivity (Wildman–Crippen MR) is 129 cm³/mol. The van der Waals surface area contributed by atoms with Crippen molar-refractivity contribution >= 4 is 11.6 Å². The summed E-state index contributed by atoms with van der Waals surface area (Å²) in [4.78, 5) is 2.37. The second kappa shape index (κ2) is 10.9. The second-order valence-electron chi connectivity index (χ2n) is 9.42. The molecule has 0 amide bonds. The monoisotopic (exact) mass is 483 g/mol. The normalized spacial score (nSPS) is 20.1. The Morgan fingerprint density at radius 3 is 2.47 bits per heavy atom. The molecule has 34 heavy (non-hydrogen) atoms. The van der Waals surface area contributed by atoms with Crippen LogP contribution in [0, 0.1) is 5.82 Å². The van der Waals surface area contributed by atoms with Crippen molar-refractivity contribution in [1.82, 2.24) is 25.1 Å². The molecule has 0 radical (unpaired) electrons. The third-order valence-electron chi connectivity index (χ3n) is 7.00. The van der Waals surface area contributed by atoms with Gasteiger partial charge in [0.1, 0.15) is 5.82 Å². The van der Waals surface area contributed by atoms with E-state index in [-0.39, 0.29) is 18.0 Å². The highest BCUT2D eigenvalue weighted by Gasteiger charge is 2.33. The molecular formula is C26H31ClFN5O. The van der Waals surface area contributed by atoms with Crippen LogP contribution in [-0.4, -0.2) is 44.4 Å². The van der Waals surface area contributed by atoms with Gasteiger partial charge in [-0.25, -0.2) is 9.07 Å². The Bertz CT molecular complexity index is 1050. The minimum absolute atomic E-state index is 0.147. The summed E-state index contributed by atoms with van der Waals surface area (Å²) in [5.41, 5.74) is 2.12. The average Bonchev–Trinajstić information content (AvgIpc) is 3.55. The number of hydrogen-bond acceptors (Lipinski definition) is 5. The van der Waals surface area contributed by atoms with E-state index in [0.717, 1.165) is 55.8 Å². The van der Waals surface area contributed by atoms with Gasteiger partial charge in [-0.05, 0) is 71.5 Å². The molecule has 1 aliphatic heterocycles. The minimum Gasteiger partial charge on any atom is -0.377 e. The van der Waals surface area contributed by atoms with Gasteiger partial charge in [0, 0.05) is 24.7 Å². The molecule has 8 heteroatoms. The fourth-order valence-electron chi connectivity index (χ4n) is 5.27. The van der Waals surface area contributed by atoms with Crippen LogP contribution in [-0.2, 0) is 11.3 Å². The van der Waals surface area contributed by atoms with Crippen molar-refractivity contribution in [2.24, 2.45) is 0 Å². The molecule has 1 aromatic heterocycles. The van der Waals surface area contributed by atoms with Crippen LogP contribution in [0.2, 0.25) is 5.02 Å². The van der Waals surface area contributed by atoms with Crippen LogP contribution in [0.15, 0.2) is 48.5 Å². The van der Waals surface area contributed by atoms with Gasteiger partial charge < -0.3 is 4.74 Å². The van der Waals surface area contributed by atoms with Crippen molar-refractivity contribution < 1.29 is 9.13 Å². The Labute approximate surface area is 205 Å². The van der Waals surface area contributed by atoms with E-state index in [2.05, 4.69) is 32.6 Å². The highest BCUT2D eigenvalue weighted by atomic mass is 35.5. The Hall–Kier alpha value is -2.35. The molecule has 2 heterocycles. The fraction of sp³-hybridized carbons (Fsp3) is 0.500. The van der Waals surface area contributed by atoms with Crippen molar-refractivity contribution in [1.29, 1.82) is 0 Å². The summed E-state index contributed by atoms with van der Waals surface area (Å²) in [5, 5.41) is 13.8. The van der Waals surface area contributed by atoms with Crippen molar-refractivity contribution in [2.45, 2.75) is 69.7 Å². The second-order valence-corrected chi connectivity index (χ2v) is 9.85. The van der Waals surface area contributed by atoms with Crippen LogP contribution in [0.3, 0.4) is 0 Å². The smallest absolute Gasteiger partial charge is 0.173 e.